The minimum absolute atomic E-state index is 0.305. The van der Waals surface area contributed by atoms with Crippen LogP contribution in [0.1, 0.15) is 38.7 Å². The largest absolute Gasteiger partial charge is 0.298 e. The number of carbonyl (C=O) groups excluding carboxylic acids is 1. The Bertz CT molecular complexity index is 455. The predicted molar refractivity (Wildman–Crippen MR) is 69.4 cm³/mol. The van der Waals surface area contributed by atoms with Crippen LogP contribution in [-0.2, 0) is 4.79 Å². The molecule has 0 aromatic heterocycles. The van der Waals surface area contributed by atoms with Crippen molar-refractivity contribution in [2.45, 2.75) is 33.1 Å². The van der Waals surface area contributed by atoms with Crippen molar-refractivity contribution in [3.63, 3.8) is 0 Å². The minimum Gasteiger partial charge on any atom is -0.298 e. The van der Waals surface area contributed by atoms with Crippen LogP contribution in [0.5, 0.6) is 0 Å². The van der Waals surface area contributed by atoms with Gasteiger partial charge in [-0.2, -0.15) is 0 Å². The lowest BCUT2D eigenvalue weighted by Gasteiger charge is -2.08. The van der Waals surface area contributed by atoms with Crippen LogP contribution in [0, 0.1) is 23.2 Å². The van der Waals surface area contributed by atoms with Crippen molar-refractivity contribution >= 4 is 5.78 Å². The molecule has 0 N–H and O–H groups in total. The third-order valence-electron chi connectivity index (χ3n) is 3.10. The first-order chi connectivity index (χ1) is 8.12. The normalized spacial score (nSPS) is 16.2. The molecular weight excluding hydrogens is 208 g/mol. The Labute approximate surface area is 103 Å². The first kappa shape index (κ1) is 11.9. The second-order valence-corrected chi connectivity index (χ2v) is 5.22. The van der Waals surface area contributed by atoms with Crippen molar-refractivity contribution in [3.05, 3.63) is 35.9 Å². The molecule has 0 unspecified atom stereocenters. The summed E-state index contributed by atoms with van der Waals surface area (Å²) >= 11 is 0. The number of carbonyl (C=O) groups is 1. The topological polar surface area (TPSA) is 17.1 Å². The summed E-state index contributed by atoms with van der Waals surface area (Å²) in [5.41, 5.74) is 0.691. The van der Waals surface area contributed by atoms with E-state index in [2.05, 4.69) is 25.7 Å². The van der Waals surface area contributed by atoms with Crippen LogP contribution in [-0.4, -0.2) is 5.78 Å². The number of Topliss-reactive ketones (excluding diaryl/α,β-unsaturated/α-hetero) is 1. The number of hydrogen-bond acceptors (Lipinski definition) is 1. The molecule has 17 heavy (non-hydrogen) atoms. The second kappa shape index (κ2) is 4.75. The lowest BCUT2D eigenvalue weighted by atomic mass is 9.94. The van der Waals surface area contributed by atoms with Crippen LogP contribution in [0.25, 0.3) is 0 Å². The van der Waals surface area contributed by atoms with E-state index in [0.29, 0.717) is 18.1 Å². The molecule has 0 atom stereocenters. The number of hydrogen-bond donors (Lipinski definition) is 0. The molecule has 0 spiro atoms. The Kier molecular flexibility index (Phi) is 3.33. The summed E-state index contributed by atoms with van der Waals surface area (Å²) in [5.74, 6) is 7.08. The van der Waals surface area contributed by atoms with Gasteiger partial charge in [-0.05, 0) is 30.9 Å². The van der Waals surface area contributed by atoms with Crippen LogP contribution >= 0.6 is 0 Å². The lowest BCUT2D eigenvalue weighted by molar-refractivity contribution is -0.122. The predicted octanol–water partition coefficient (Wildman–Crippen LogP) is 3.43. The van der Waals surface area contributed by atoms with E-state index in [-0.39, 0.29) is 5.41 Å². The molecule has 1 nitrogen and oxygen atoms in total. The summed E-state index contributed by atoms with van der Waals surface area (Å²) in [6.45, 7) is 4.16. The highest BCUT2D eigenvalue weighted by molar-refractivity contribution is 5.90. The van der Waals surface area contributed by atoms with Gasteiger partial charge in [-0.25, -0.2) is 0 Å². The van der Waals surface area contributed by atoms with Gasteiger partial charge >= 0.3 is 0 Å². The van der Waals surface area contributed by atoms with E-state index in [1.165, 1.54) is 0 Å². The summed E-state index contributed by atoms with van der Waals surface area (Å²) in [4.78, 5) is 12.1. The van der Waals surface area contributed by atoms with Gasteiger partial charge in [0.1, 0.15) is 0 Å². The zero-order chi connectivity index (χ0) is 12.3. The summed E-state index contributed by atoms with van der Waals surface area (Å²) in [6.07, 6.45) is 2.54. The summed E-state index contributed by atoms with van der Waals surface area (Å²) < 4.78 is 0. The Morgan fingerprint density at radius 1 is 1.29 bits per heavy atom. The fourth-order valence-corrected chi connectivity index (χ4v) is 1.88. The smallest absolute Gasteiger partial charge is 0.151 e. The fourth-order valence-electron chi connectivity index (χ4n) is 1.88. The van der Waals surface area contributed by atoms with Crippen molar-refractivity contribution in [2.75, 3.05) is 0 Å². The average Bonchev–Trinajstić information content (AvgIpc) is 3.08. The molecular formula is C16H18O. The van der Waals surface area contributed by atoms with E-state index in [9.17, 15) is 4.79 Å². The first-order valence-electron chi connectivity index (χ1n) is 6.24. The number of benzene rings is 1. The molecule has 0 radical (unpaired) electrons. The van der Waals surface area contributed by atoms with E-state index in [4.69, 9.17) is 0 Å². The Morgan fingerprint density at radius 3 is 2.47 bits per heavy atom. The van der Waals surface area contributed by atoms with Crippen LogP contribution in [0.15, 0.2) is 30.3 Å². The summed E-state index contributed by atoms with van der Waals surface area (Å²) in [5, 5.41) is 0. The van der Waals surface area contributed by atoms with E-state index in [1.807, 2.05) is 30.3 Å². The average molecular weight is 226 g/mol. The highest BCUT2D eigenvalue weighted by Gasteiger charge is 2.47. The van der Waals surface area contributed by atoms with Gasteiger partial charge in [0.15, 0.2) is 5.78 Å². The van der Waals surface area contributed by atoms with Crippen LogP contribution in [0.2, 0.25) is 0 Å². The highest BCUT2D eigenvalue weighted by atomic mass is 16.1. The van der Waals surface area contributed by atoms with Crippen molar-refractivity contribution in [3.8, 4) is 11.8 Å². The van der Waals surface area contributed by atoms with Gasteiger partial charge in [0.25, 0.3) is 0 Å². The molecule has 1 aromatic carbocycles. The van der Waals surface area contributed by atoms with Gasteiger partial charge in [-0.1, -0.05) is 43.9 Å². The molecule has 1 heteroatoms. The van der Waals surface area contributed by atoms with Gasteiger partial charge in [0.05, 0.1) is 5.41 Å². The molecule has 0 heterocycles. The molecule has 0 amide bonds. The highest BCUT2D eigenvalue weighted by Crippen LogP contribution is 2.47. The van der Waals surface area contributed by atoms with Crippen molar-refractivity contribution in [1.29, 1.82) is 0 Å². The fraction of sp³-hybridized carbons (Fsp3) is 0.438. The van der Waals surface area contributed by atoms with Gasteiger partial charge in [0.2, 0.25) is 0 Å². The molecule has 1 aliphatic rings. The van der Waals surface area contributed by atoms with Crippen molar-refractivity contribution in [1.82, 2.24) is 0 Å². The first-order valence-corrected chi connectivity index (χ1v) is 6.24. The third kappa shape index (κ3) is 2.97. The standard InChI is InChI=1S/C16H18O/c1-13(2)12-15(17)16(10-11-16)9-8-14-6-4-3-5-7-14/h3-7,13H,10-12H2,1-2H3. The van der Waals surface area contributed by atoms with Gasteiger partial charge in [0, 0.05) is 12.0 Å². The maximum atomic E-state index is 12.1. The maximum Gasteiger partial charge on any atom is 0.151 e. The Hall–Kier alpha value is -1.55. The van der Waals surface area contributed by atoms with Crippen LogP contribution in [0.4, 0.5) is 0 Å². The van der Waals surface area contributed by atoms with Crippen LogP contribution < -0.4 is 0 Å². The van der Waals surface area contributed by atoms with Gasteiger partial charge in [-0.3, -0.25) is 4.79 Å². The van der Waals surface area contributed by atoms with E-state index in [1.54, 1.807) is 0 Å². The van der Waals surface area contributed by atoms with Gasteiger partial charge in [-0.15, -0.1) is 0 Å². The molecule has 1 saturated carbocycles. The lowest BCUT2D eigenvalue weighted by Crippen LogP contribution is -2.15. The zero-order valence-electron chi connectivity index (χ0n) is 10.5. The number of ketones is 1. The summed E-state index contributed by atoms with van der Waals surface area (Å²) in [7, 11) is 0. The SMILES string of the molecule is CC(C)CC(=O)C1(C#Cc2ccccc2)CC1. The molecule has 2 rings (SSSR count). The minimum atomic E-state index is -0.305. The Balaban J connectivity index is 2.09. The molecule has 1 aromatic rings. The maximum absolute atomic E-state index is 12.1. The van der Waals surface area contributed by atoms with E-state index >= 15 is 0 Å². The molecule has 1 aliphatic carbocycles. The molecule has 88 valence electrons. The molecule has 0 aliphatic heterocycles. The van der Waals surface area contributed by atoms with E-state index in [0.717, 1.165) is 18.4 Å². The van der Waals surface area contributed by atoms with Crippen molar-refractivity contribution in [2.24, 2.45) is 11.3 Å². The third-order valence-corrected chi connectivity index (χ3v) is 3.10. The Morgan fingerprint density at radius 2 is 1.94 bits per heavy atom. The number of rotatable bonds is 3. The molecule has 1 fully saturated rings. The monoisotopic (exact) mass is 226 g/mol. The molecule has 0 bridgehead atoms. The van der Waals surface area contributed by atoms with Crippen LogP contribution in [0.3, 0.4) is 0 Å². The van der Waals surface area contributed by atoms with Gasteiger partial charge < -0.3 is 0 Å². The molecule has 0 saturated heterocycles. The van der Waals surface area contributed by atoms with E-state index < -0.39 is 0 Å². The quantitative estimate of drug-likeness (QED) is 0.722. The zero-order valence-corrected chi connectivity index (χ0v) is 10.5. The summed E-state index contributed by atoms with van der Waals surface area (Å²) in [6, 6.07) is 9.88. The van der Waals surface area contributed by atoms with Crippen molar-refractivity contribution < 1.29 is 4.79 Å². The second-order valence-electron chi connectivity index (χ2n) is 5.22.